The summed E-state index contributed by atoms with van der Waals surface area (Å²) in [5.41, 5.74) is 1.76. The smallest absolute Gasteiger partial charge is 0.328 e. The van der Waals surface area contributed by atoms with Crippen molar-refractivity contribution in [2.45, 2.75) is 6.61 Å². The number of methoxy groups -OCH3 is 1. The highest BCUT2D eigenvalue weighted by Gasteiger charge is 2.26. The molecule has 1 aliphatic rings. The molecule has 1 fully saturated rings. The molecule has 0 radical (unpaired) electrons. The first-order valence-electron chi connectivity index (χ1n) is 8.46. The fraction of sp³-hybridized carbons (Fsp3) is 0.0952. The number of urea groups is 1. The zero-order chi connectivity index (χ0) is 19.9. The van der Waals surface area contributed by atoms with Crippen LogP contribution in [-0.2, 0) is 16.2 Å². The van der Waals surface area contributed by atoms with Gasteiger partial charge in [-0.15, -0.1) is 0 Å². The first-order chi connectivity index (χ1) is 13.5. The molecule has 1 aliphatic heterocycles. The molecule has 2 aromatic rings. The molecular weight excluding hydrogens is 360 g/mol. The van der Waals surface area contributed by atoms with Gasteiger partial charge in [0.15, 0.2) is 0 Å². The van der Waals surface area contributed by atoms with Crippen LogP contribution < -0.4 is 20.1 Å². The molecule has 1 heterocycles. The van der Waals surface area contributed by atoms with Crippen molar-refractivity contribution in [2.75, 3.05) is 7.11 Å². The number of hydrogen-bond donors (Lipinski definition) is 2. The normalized spacial score (nSPS) is 13.9. The van der Waals surface area contributed by atoms with Crippen LogP contribution in [0.25, 0.3) is 6.08 Å². The van der Waals surface area contributed by atoms with E-state index in [2.05, 4.69) is 0 Å². The van der Waals surface area contributed by atoms with Gasteiger partial charge in [0, 0.05) is 0 Å². The Morgan fingerprint density at radius 2 is 1.46 bits per heavy atom. The van der Waals surface area contributed by atoms with Crippen molar-refractivity contribution >= 4 is 23.9 Å². The minimum absolute atomic E-state index is 0.129. The summed E-state index contributed by atoms with van der Waals surface area (Å²) < 4.78 is 10.9. The van der Waals surface area contributed by atoms with E-state index in [1.807, 2.05) is 59.2 Å². The molecule has 0 aromatic heterocycles. The summed E-state index contributed by atoms with van der Waals surface area (Å²) in [6.07, 6.45) is 4.65. The average molecular weight is 378 g/mol. The molecule has 142 valence electrons. The third kappa shape index (κ3) is 4.85. The molecule has 0 spiro atoms. The zero-order valence-corrected chi connectivity index (χ0v) is 15.1. The van der Waals surface area contributed by atoms with Crippen molar-refractivity contribution < 1.29 is 23.9 Å². The number of rotatable bonds is 6. The Morgan fingerprint density at radius 3 is 2.07 bits per heavy atom. The highest BCUT2D eigenvalue weighted by atomic mass is 16.5. The van der Waals surface area contributed by atoms with Gasteiger partial charge in [0.2, 0.25) is 0 Å². The molecule has 1 saturated heterocycles. The quantitative estimate of drug-likeness (QED) is 0.595. The van der Waals surface area contributed by atoms with Gasteiger partial charge in [-0.2, -0.15) is 0 Å². The molecule has 0 unspecified atom stereocenters. The first kappa shape index (κ1) is 18.9. The second-order valence-electron chi connectivity index (χ2n) is 5.88. The maximum atomic E-state index is 11.6. The van der Waals surface area contributed by atoms with Crippen molar-refractivity contribution in [3.05, 3.63) is 77.4 Å². The van der Waals surface area contributed by atoms with E-state index in [0.29, 0.717) is 6.61 Å². The van der Waals surface area contributed by atoms with Crippen LogP contribution in [-0.4, -0.2) is 25.0 Å². The van der Waals surface area contributed by atoms with Crippen molar-refractivity contribution in [1.82, 2.24) is 10.6 Å². The van der Waals surface area contributed by atoms with E-state index in [9.17, 15) is 14.4 Å². The second kappa shape index (κ2) is 8.68. The predicted octanol–water partition coefficient (Wildman–Crippen LogP) is 2.58. The van der Waals surface area contributed by atoms with E-state index < -0.39 is 17.8 Å². The number of amides is 4. The molecule has 0 aliphatic carbocycles. The van der Waals surface area contributed by atoms with E-state index >= 15 is 0 Å². The first-order valence-corrected chi connectivity index (χ1v) is 8.46. The Balaban J connectivity index is 1.57. The SMILES string of the molecule is COc1ccc(COc2ccc(/C=C/C=C3C(=O)NC(=O)NC3=O)cc2)cc1. The number of barbiturate groups is 1. The van der Waals surface area contributed by atoms with Gasteiger partial charge < -0.3 is 9.47 Å². The number of carbonyl (C=O) groups excluding carboxylic acids is 3. The monoisotopic (exact) mass is 378 g/mol. The summed E-state index contributed by atoms with van der Waals surface area (Å²) in [6.45, 7) is 0.439. The van der Waals surface area contributed by atoms with Crippen molar-refractivity contribution in [3.63, 3.8) is 0 Å². The number of ether oxygens (including phenoxy) is 2. The number of carbonyl (C=O) groups is 3. The third-order valence-corrected chi connectivity index (χ3v) is 3.94. The standard InChI is InChI=1S/C21H18N2O5/c1-27-16-9-7-15(8-10-16)13-28-17-11-5-14(6-12-17)3-2-4-18-19(24)22-21(26)23-20(18)25/h2-12H,13H2,1H3,(H2,22,23,24,25,26)/b3-2+. The Hall–Kier alpha value is -3.87. The Labute approximate surface area is 161 Å². The van der Waals surface area contributed by atoms with Crippen LogP contribution >= 0.6 is 0 Å². The van der Waals surface area contributed by atoms with Gasteiger partial charge >= 0.3 is 6.03 Å². The van der Waals surface area contributed by atoms with Gasteiger partial charge in [0.25, 0.3) is 11.8 Å². The van der Waals surface area contributed by atoms with Gasteiger partial charge in [-0.3, -0.25) is 20.2 Å². The van der Waals surface area contributed by atoms with Crippen molar-refractivity contribution in [1.29, 1.82) is 0 Å². The molecule has 4 amide bonds. The molecule has 28 heavy (non-hydrogen) atoms. The molecule has 2 aromatic carbocycles. The van der Waals surface area contributed by atoms with Crippen LogP contribution in [0.5, 0.6) is 11.5 Å². The van der Waals surface area contributed by atoms with Crippen LogP contribution in [0.2, 0.25) is 0 Å². The lowest BCUT2D eigenvalue weighted by Crippen LogP contribution is -2.51. The number of hydrogen-bond acceptors (Lipinski definition) is 5. The van der Waals surface area contributed by atoms with Crippen LogP contribution in [0.3, 0.4) is 0 Å². The summed E-state index contributed by atoms with van der Waals surface area (Å²) >= 11 is 0. The highest BCUT2D eigenvalue weighted by Crippen LogP contribution is 2.17. The lowest BCUT2D eigenvalue weighted by Gasteiger charge is -2.12. The zero-order valence-electron chi connectivity index (χ0n) is 15.1. The number of nitrogens with one attached hydrogen (secondary N) is 2. The second-order valence-corrected chi connectivity index (χ2v) is 5.88. The Kier molecular flexibility index (Phi) is 5.86. The van der Waals surface area contributed by atoms with Gasteiger partial charge in [-0.05, 0) is 41.5 Å². The van der Waals surface area contributed by atoms with Crippen LogP contribution in [0.15, 0.2) is 66.3 Å². The van der Waals surface area contributed by atoms with E-state index in [1.165, 1.54) is 6.08 Å². The van der Waals surface area contributed by atoms with Gasteiger partial charge in [0.05, 0.1) is 7.11 Å². The summed E-state index contributed by atoms with van der Waals surface area (Å²) in [4.78, 5) is 34.2. The molecule has 7 heteroatoms. The molecule has 0 saturated carbocycles. The summed E-state index contributed by atoms with van der Waals surface area (Å²) in [5, 5.41) is 4.03. The maximum absolute atomic E-state index is 11.6. The average Bonchev–Trinajstić information content (AvgIpc) is 2.69. The fourth-order valence-electron chi connectivity index (χ4n) is 2.45. The summed E-state index contributed by atoms with van der Waals surface area (Å²) in [5.74, 6) is 0.0712. The van der Waals surface area contributed by atoms with Crippen molar-refractivity contribution in [2.24, 2.45) is 0 Å². The molecule has 3 rings (SSSR count). The van der Waals surface area contributed by atoms with Crippen LogP contribution in [0.4, 0.5) is 4.79 Å². The number of imide groups is 2. The molecular formula is C21H18N2O5. The van der Waals surface area contributed by atoms with E-state index in [1.54, 1.807) is 19.3 Å². The van der Waals surface area contributed by atoms with Crippen LogP contribution in [0, 0.1) is 0 Å². The lowest BCUT2D eigenvalue weighted by atomic mass is 10.1. The van der Waals surface area contributed by atoms with Crippen molar-refractivity contribution in [3.8, 4) is 11.5 Å². The largest absolute Gasteiger partial charge is 0.497 e. The minimum atomic E-state index is -0.818. The number of benzene rings is 2. The number of allylic oxidation sites excluding steroid dienone is 2. The van der Waals surface area contributed by atoms with E-state index in [-0.39, 0.29) is 5.57 Å². The maximum Gasteiger partial charge on any atom is 0.328 e. The predicted molar refractivity (Wildman–Crippen MR) is 103 cm³/mol. The molecule has 7 nitrogen and oxygen atoms in total. The fourth-order valence-corrected chi connectivity index (χ4v) is 2.45. The Bertz CT molecular complexity index is 922. The summed E-state index contributed by atoms with van der Waals surface area (Å²) in [7, 11) is 1.62. The summed E-state index contributed by atoms with van der Waals surface area (Å²) in [6, 6.07) is 14.2. The Morgan fingerprint density at radius 1 is 0.857 bits per heavy atom. The van der Waals surface area contributed by atoms with Gasteiger partial charge in [0.1, 0.15) is 23.7 Å². The van der Waals surface area contributed by atoms with Crippen LogP contribution in [0.1, 0.15) is 11.1 Å². The van der Waals surface area contributed by atoms with Gasteiger partial charge in [-0.1, -0.05) is 36.4 Å². The lowest BCUT2D eigenvalue weighted by molar-refractivity contribution is -0.124. The topological polar surface area (TPSA) is 93.7 Å². The van der Waals surface area contributed by atoms with E-state index in [0.717, 1.165) is 22.6 Å². The molecule has 0 bridgehead atoms. The molecule has 2 N–H and O–H groups in total. The van der Waals surface area contributed by atoms with Gasteiger partial charge in [-0.25, -0.2) is 4.79 Å². The molecule has 0 atom stereocenters. The highest BCUT2D eigenvalue weighted by molar-refractivity contribution is 6.29. The minimum Gasteiger partial charge on any atom is -0.497 e. The third-order valence-electron chi connectivity index (χ3n) is 3.94. The van der Waals surface area contributed by atoms with E-state index in [4.69, 9.17) is 9.47 Å².